The smallest absolute Gasteiger partial charge is 0.226 e. The summed E-state index contributed by atoms with van der Waals surface area (Å²) < 4.78 is 11.2. The fourth-order valence-electron chi connectivity index (χ4n) is 2.61. The Hall–Kier alpha value is -0.940. The van der Waals surface area contributed by atoms with E-state index in [2.05, 4.69) is 15.5 Å². The first kappa shape index (κ1) is 13.5. The van der Waals surface area contributed by atoms with Crippen LogP contribution >= 0.6 is 0 Å². The van der Waals surface area contributed by atoms with Crippen LogP contribution in [0.1, 0.15) is 50.7 Å². The third kappa shape index (κ3) is 2.90. The van der Waals surface area contributed by atoms with Crippen LogP contribution in [-0.2, 0) is 16.8 Å². The first-order chi connectivity index (χ1) is 8.80. The molecule has 5 heteroatoms. The van der Waals surface area contributed by atoms with Crippen molar-refractivity contribution in [3.63, 3.8) is 0 Å². The molecule has 0 spiro atoms. The standard InChI is InChI=1S/C13H23N3O2/c1-3-17-13(8-4-5-9-13)12-15-11(18-16-12)7-6-10-14-2/h14H,3-10H2,1-2H3. The van der Waals surface area contributed by atoms with E-state index in [1.54, 1.807) is 0 Å². The maximum atomic E-state index is 5.92. The van der Waals surface area contributed by atoms with Gasteiger partial charge in [0, 0.05) is 13.0 Å². The molecule has 0 bridgehead atoms. The van der Waals surface area contributed by atoms with Crippen LogP contribution in [0.15, 0.2) is 4.52 Å². The lowest BCUT2D eigenvalue weighted by atomic mass is 10.0. The van der Waals surface area contributed by atoms with E-state index in [0.29, 0.717) is 6.61 Å². The first-order valence-electron chi connectivity index (χ1n) is 6.92. The van der Waals surface area contributed by atoms with E-state index >= 15 is 0 Å². The molecule has 2 rings (SSSR count). The molecule has 0 saturated heterocycles. The Morgan fingerprint density at radius 1 is 1.39 bits per heavy atom. The van der Waals surface area contributed by atoms with Crippen molar-refractivity contribution in [1.82, 2.24) is 15.5 Å². The van der Waals surface area contributed by atoms with Gasteiger partial charge in [0.2, 0.25) is 11.7 Å². The monoisotopic (exact) mass is 253 g/mol. The molecule has 1 aliphatic carbocycles. The van der Waals surface area contributed by atoms with Gasteiger partial charge >= 0.3 is 0 Å². The Balaban J connectivity index is 2.02. The van der Waals surface area contributed by atoms with Crippen LogP contribution in [0.3, 0.4) is 0 Å². The zero-order valence-corrected chi connectivity index (χ0v) is 11.4. The van der Waals surface area contributed by atoms with Crippen molar-refractivity contribution in [3.05, 3.63) is 11.7 Å². The second kappa shape index (κ2) is 6.29. The van der Waals surface area contributed by atoms with Crippen molar-refractivity contribution in [2.75, 3.05) is 20.2 Å². The Labute approximate surface area is 108 Å². The molecule has 0 aliphatic heterocycles. The third-order valence-corrected chi connectivity index (χ3v) is 3.52. The Morgan fingerprint density at radius 3 is 2.83 bits per heavy atom. The van der Waals surface area contributed by atoms with Crippen LogP contribution in [0.5, 0.6) is 0 Å². The maximum absolute atomic E-state index is 5.92. The lowest BCUT2D eigenvalue weighted by molar-refractivity contribution is -0.0469. The number of nitrogens with one attached hydrogen (secondary N) is 1. The molecule has 0 amide bonds. The zero-order chi connectivity index (χ0) is 12.8. The quantitative estimate of drug-likeness (QED) is 0.753. The van der Waals surface area contributed by atoms with E-state index in [-0.39, 0.29) is 5.60 Å². The average Bonchev–Trinajstić information content (AvgIpc) is 2.99. The highest BCUT2D eigenvalue weighted by Crippen LogP contribution is 2.40. The summed E-state index contributed by atoms with van der Waals surface area (Å²) in [4.78, 5) is 4.52. The molecule has 1 heterocycles. The minimum atomic E-state index is -0.278. The van der Waals surface area contributed by atoms with Gasteiger partial charge in [-0.05, 0) is 52.6 Å². The van der Waals surface area contributed by atoms with Crippen molar-refractivity contribution < 1.29 is 9.26 Å². The molecule has 102 valence electrons. The van der Waals surface area contributed by atoms with Crippen LogP contribution in [0, 0.1) is 0 Å². The SMILES string of the molecule is CCOC1(c2noc(CCCNC)n2)CCCC1. The Morgan fingerprint density at radius 2 is 2.17 bits per heavy atom. The summed E-state index contributed by atoms with van der Waals surface area (Å²) in [5, 5.41) is 7.25. The van der Waals surface area contributed by atoms with Crippen LogP contribution < -0.4 is 5.32 Å². The molecule has 18 heavy (non-hydrogen) atoms. The van der Waals surface area contributed by atoms with Crippen molar-refractivity contribution in [3.8, 4) is 0 Å². The van der Waals surface area contributed by atoms with Gasteiger partial charge in [-0.2, -0.15) is 4.98 Å². The van der Waals surface area contributed by atoms with Crippen LogP contribution in [0.25, 0.3) is 0 Å². The lowest BCUT2D eigenvalue weighted by Gasteiger charge is -2.24. The van der Waals surface area contributed by atoms with Crippen LogP contribution in [-0.4, -0.2) is 30.3 Å². The van der Waals surface area contributed by atoms with Gasteiger partial charge in [-0.15, -0.1) is 0 Å². The summed E-state index contributed by atoms with van der Waals surface area (Å²) in [5.41, 5.74) is -0.278. The number of hydrogen-bond donors (Lipinski definition) is 1. The highest BCUT2D eigenvalue weighted by Gasteiger charge is 2.40. The van der Waals surface area contributed by atoms with Gasteiger partial charge in [-0.25, -0.2) is 0 Å². The number of aromatic nitrogens is 2. The number of aryl methyl sites for hydroxylation is 1. The van der Waals surface area contributed by atoms with Crippen molar-refractivity contribution in [2.24, 2.45) is 0 Å². The van der Waals surface area contributed by atoms with Gasteiger partial charge in [0.05, 0.1) is 0 Å². The number of nitrogens with zero attached hydrogens (tertiary/aromatic N) is 2. The molecule has 0 aromatic carbocycles. The zero-order valence-electron chi connectivity index (χ0n) is 11.4. The summed E-state index contributed by atoms with van der Waals surface area (Å²) in [6.45, 7) is 3.69. The van der Waals surface area contributed by atoms with Crippen molar-refractivity contribution in [1.29, 1.82) is 0 Å². The molecule has 5 nitrogen and oxygen atoms in total. The maximum Gasteiger partial charge on any atom is 0.226 e. The summed E-state index contributed by atoms with van der Waals surface area (Å²) >= 11 is 0. The molecule has 1 aromatic rings. The van der Waals surface area contributed by atoms with Crippen LogP contribution in [0.2, 0.25) is 0 Å². The molecule has 0 atom stereocenters. The van der Waals surface area contributed by atoms with Gasteiger partial charge in [-0.1, -0.05) is 5.16 Å². The van der Waals surface area contributed by atoms with Crippen molar-refractivity contribution in [2.45, 2.75) is 51.0 Å². The van der Waals surface area contributed by atoms with Crippen molar-refractivity contribution >= 4 is 0 Å². The third-order valence-electron chi connectivity index (χ3n) is 3.52. The summed E-state index contributed by atoms with van der Waals surface area (Å²) in [6.07, 6.45) is 6.23. The number of hydrogen-bond acceptors (Lipinski definition) is 5. The second-order valence-corrected chi connectivity index (χ2v) is 4.85. The van der Waals surface area contributed by atoms with E-state index in [9.17, 15) is 0 Å². The molecule has 1 fully saturated rings. The fourth-order valence-corrected chi connectivity index (χ4v) is 2.61. The minimum Gasteiger partial charge on any atom is -0.367 e. The highest BCUT2D eigenvalue weighted by atomic mass is 16.5. The Bertz CT molecular complexity index is 359. The topological polar surface area (TPSA) is 60.2 Å². The Kier molecular flexibility index (Phi) is 4.72. The predicted molar refractivity (Wildman–Crippen MR) is 68.3 cm³/mol. The molecule has 1 saturated carbocycles. The van der Waals surface area contributed by atoms with E-state index in [4.69, 9.17) is 9.26 Å². The van der Waals surface area contributed by atoms with Gasteiger partial charge in [0.25, 0.3) is 0 Å². The van der Waals surface area contributed by atoms with Crippen LogP contribution in [0.4, 0.5) is 0 Å². The molecule has 0 radical (unpaired) electrons. The molecule has 1 aliphatic rings. The normalized spacial score (nSPS) is 18.3. The van der Waals surface area contributed by atoms with E-state index in [1.165, 1.54) is 12.8 Å². The molecular weight excluding hydrogens is 230 g/mol. The fraction of sp³-hybridized carbons (Fsp3) is 0.846. The predicted octanol–water partition coefficient (Wildman–Crippen LogP) is 2.03. The average molecular weight is 253 g/mol. The van der Waals surface area contributed by atoms with E-state index in [0.717, 1.165) is 43.9 Å². The lowest BCUT2D eigenvalue weighted by Crippen LogP contribution is -2.27. The van der Waals surface area contributed by atoms with E-state index in [1.807, 2.05) is 14.0 Å². The summed E-state index contributed by atoms with van der Waals surface area (Å²) in [7, 11) is 1.95. The molecule has 0 unspecified atom stereocenters. The minimum absolute atomic E-state index is 0.278. The number of rotatable bonds is 7. The largest absolute Gasteiger partial charge is 0.367 e. The number of ether oxygens (including phenoxy) is 1. The second-order valence-electron chi connectivity index (χ2n) is 4.85. The molecule has 1 N–H and O–H groups in total. The molecular formula is C13H23N3O2. The van der Waals surface area contributed by atoms with Gasteiger partial charge in [-0.3, -0.25) is 0 Å². The van der Waals surface area contributed by atoms with Gasteiger partial charge < -0.3 is 14.6 Å². The summed E-state index contributed by atoms with van der Waals surface area (Å²) in [5.74, 6) is 1.48. The highest BCUT2D eigenvalue weighted by molar-refractivity contribution is 5.04. The van der Waals surface area contributed by atoms with Gasteiger partial charge in [0.15, 0.2) is 0 Å². The summed E-state index contributed by atoms with van der Waals surface area (Å²) in [6, 6.07) is 0. The first-order valence-corrected chi connectivity index (χ1v) is 6.92. The molecule has 1 aromatic heterocycles. The van der Waals surface area contributed by atoms with Gasteiger partial charge in [0.1, 0.15) is 5.60 Å². The van der Waals surface area contributed by atoms with E-state index < -0.39 is 0 Å².